The molecule has 0 radical (unpaired) electrons. The molecule has 0 spiro atoms. The Morgan fingerprint density at radius 1 is 0.935 bits per heavy atom. The van der Waals surface area contributed by atoms with Gasteiger partial charge in [0, 0.05) is 42.2 Å². The first-order chi connectivity index (χ1) is 14.6. The summed E-state index contributed by atoms with van der Waals surface area (Å²) in [4.78, 5) is 24.6. The molecule has 0 aliphatic rings. The van der Waals surface area contributed by atoms with Crippen LogP contribution >= 0.6 is 7.60 Å². The first kappa shape index (κ1) is 24.3. The highest BCUT2D eigenvalue weighted by Gasteiger charge is 2.33. The molecule has 2 rings (SSSR count). The van der Waals surface area contributed by atoms with Crippen molar-refractivity contribution in [3.63, 3.8) is 0 Å². The summed E-state index contributed by atoms with van der Waals surface area (Å²) >= 11 is 0. The molecule has 8 nitrogen and oxygen atoms in total. The molecule has 0 amide bonds. The van der Waals surface area contributed by atoms with Gasteiger partial charge in [-0.1, -0.05) is 13.2 Å². The van der Waals surface area contributed by atoms with Crippen LogP contribution in [0.4, 0.5) is 0 Å². The lowest BCUT2D eigenvalue weighted by Gasteiger charge is -2.21. The zero-order valence-electron chi connectivity index (χ0n) is 18.1. The van der Waals surface area contributed by atoms with Crippen molar-refractivity contribution < 1.29 is 37.4 Å². The summed E-state index contributed by atoms with van der Waals surface area (Å²) in [5, 5.41) is 0.621. The molecule has 0 aliphatic carbocycles. The largest absolute Gasteiger partial charge is 0.494 e. The maximum Gasteiger partial charge on any atom is 0.364 e. The van der Waals surface area contributed by atoms with Crippen LogP contribution in [0, 0.1) is 0 Å². The van der Waals surface area contributed by atoms with E-state index in [1.807, 2.05) is 6.92 Å². The molecule has 0 saturated heterocycles. The number of fused-ring (bicyclic) bond motifs is 1. The summed E-state index contributed by atoms with van der Waals surface area (Å²) in [6.07, 6.45) is 0. The molecule has 2 aromatic rings. The third-order valence-corrected chi connectivity index (χ3v) is 6.07. The van der Waals surface area contributed by atoms with Gasteiger partial charge in [-0.25, -0.2) is 9.59 Å². The fourth-order valence-corrected chi connectivity index (χ4v) is 3.85. The highest BCUT2D eigenvalue weighted by molar-refractivity contribution is 7.62. The number of ether oxygens (including phenoxy) is 3. The van der Waals surface area contributed by atoms with Gasteiger partial charge in [0.2, 0.25) is 0 Å². The highest BCUT2D eigenvalue weighted by Crippen LogP contribution is 2.51. The zero-order valence-corrected chi connectivity index (χ0v) is 19.0. The molecule has 0 N–H and O–H groups in total. The number of hydrogen-bond acceptors (Lipinski definition) is 8. The van der Waals surface area contributed by atoms with Gasteiger partial charge in [-0.15, -0.1) is 0 Å². The third-order valence-electron chi connectivity index (χ3n) is 4.18. The van der Waals surface area contributed by atoms with Crippen molar-refractivity contribution in [1.29, 1.82) is 0 Å². The molecular formula is C22H25O8P. The fraction of sp³-hybridized carbons (Fsp3) is 0.273. The van der Waals surface area contributed by atoms with Crippen LogP contribution in [-0.4, -0.2) is 32.8 Å². The Kier molecular flexibility index (Phi) is 7.79. The lowest BCUT2D eigenvalue weighted by molar-refractivity contribution is -0.131. The molecule has 0 saturated carbocycles. The second kappa shape index (κ2) is 9.92. The van der Waals surface area contributed by atoms with Crippen LogP contribution in [0.5, 0.6) is 17.2 Å². The number of carbonyl (C=O) groups is 2. The van der Waals surface area contributed by atoms with Gasteiger partial charge in [0.15, 0.2) is 5.75 Å². The van der Waals surface area contributed by atoms with Crippen LogP contribution in [0.1, 0.15) is 20.8 Å². The number of benzene rings is 2. The predicted octanol–water partition coefficient (Wildman–Crippen LogP) is 4.31. The lowest BCUT2D eigenvalue weighted by atomic mass is 10.1. The number of esters is 2. The predicted molar refractivity (Wildman–Crippen MR) is 117 cm³/mol. The molecule has 0 aromatic heterocycles. The molecule has 0 atom stereocenters. The van der Waals surface area contributed by atoms with Crippen molar-refractivity contribution in [2.75, 3.05) is 20.8 Å². The minimum absolute atomic E-state index is 0.0454. The topological polar surface area (TPSA) is 97.4 Å². The quantitative estimate of drug-likeness (QED) is 0.242. The fourth-order valence-electron chi connectivity index (χ4n) is 2.62. The van der Waals surface area contributed by atoms with E-state index in [-0.39, 0.29) is 27.9 Å². The van der Waals surface area contributed by atoms with E-state index in [0.717, 1.165) is 0 Å². The first-order valence-corrected chi connectivity index (χ1v) is 10.8. The van der Waals surface area contributed by atoms with Crippen molar-refractivity contribution >= 4 is 35.6 Å². The van der Waals surface area contributed by atoms with Crippen molar-refractivity contribution in [2.24, 2.45) is 0 Å². The standard InChI is InChI=1S/C22H25O8P/c1-8-28-15-9-10-16-17(11-15)18(29-21(23)13(2)3)12-19(31(25,26-6)27-7)20(16)30-22(24)14(4)5/h9-12H,2,4,8H2,1,3,5-7H3. The molecule has 0 bridgehead atoms. The Labute approximate surface area is 180 Å². The van der Waals surface area contributed by atoms with E-state index >= 15 is 0 Å². The maximum absolute atomic E-state index is 13.3. The van der Waals surface area contributed by atoms with E-state index in [2.05, 4.69) is 13.2 Å². The zero-order chi connectivity index (χ0) is 23.3. The van der Waals surface area contributed by atoms with Crippen LogP contribution in [0.2, 0.25) is 0 Å². The minimum atomic E-state index is -3.93. The monoisotopic (exact) mass is 448 g/mol. The number of rotatable bonds is 9. The van der Waals surface area contributed by atoms with Gasteiger partial charge in [-0.2, -0.15) is 0 Å². The van der Waals surface area contributed by atoms with Gasteiger partial charge in [-0.05, 0) is 39.0 Å². The van der Waals surface area contributed by atoms with Crippen molar-refractivity contribution in [2.45, 2.75) is 20.8 Å². The summed E-state index contributed by atoms with van der Waals surface area (Å²) in [5.41, 5.74) is 0.294. The van der Waals surface area contributed by atoms with Gasteiger partial charge in [0.1, 0.15) is 16.8 Å². The Morgan fingerprint density at radius 2 is 1.52 bits per heavy atom. The lowest BCUT2D eigenvalue weighted by Crippen LogP contribution is -2.19. The van der Waals surface area contributed by atoms with Gasteiger partial charge in [0.05, 0.1) is 6.61 Å². The summed E-state index contributed by atoms with van der Waals surface area (Å²) < 4.78 is 40.0. The van der Waals surface area contributed by atoms with Gasteiger partial charge in [0.25, 0.3) is 0 Å². The molecule has 31 heavy (non-hydrogen) atoms. The minimum Gasteiger partial charge on any atom is -0.494 e. The van der Waals surface area contributed by atoms with E-state index in [4.69, 9.17) is 23.3 Å². The Bertz CT molecular complexity index is 1090. The first-order valence-electron chi connectivity index (χ1n) is 9.28. The highest BCUT2D eigenvalue weighted by atomic mass is 31.2. The number of carbonyl (C=O) groups excluding carboxylic acids is 2. The molecule has 0 aliphatic heterocycles. The van der Waals surface area contributed by atoms with Gasteiger partial charge in [-0.3, -0.25) is 4.57 Å². The van der Waals surface area contributed by atoms with E-state index in [1.54, 1.807) is 18.2 Å². The van der Waals surface area contributed by atoms with Crippen molar-refractivity contribution in [3.05, 3.63) is 48.6 Å². The van der Waals surface area contributed by atoms with Crippen LogP contribution in [0.3, 0.4) is 0 Å². The van der Waals surface area contributed by atoms with Crippen LogP contribution in [0.15, 0.2) is 48.6 Å². The second-order valence-corrected chi connectivity index (χ2v) is 8.77. The normalized spacial score (nSPS) is 11.1. The molecule has 2 aromatic carbocycles. The van der Waals surface area contributed by atoms with Crippen LogP contribution in [0.25, 0.3) is 10.8 Å². The average molecular weight is 448 g/mol. The molecule has 0 heterocycles. The van der Waals surface area contributed by atoms with Gasteiger partial charge < -0.3 is 23.3 Å². The third kappa shape index (κ3) is 5.22. The molecule has 9 heteroatoms. The smallest absolute Gasteiger partial charge is 0.364 e. The Morgan fingerprint density at radius 3 is 2.03 bits per heavy atom. The summed E-state index contributed by atoms with van der Waals surface area (Å²) in [6.45, 7) is 12.4. The molecular weight excluding hydrogens is 423 g/mol. The van der Waals surface area contributed by atoms with Crippen LogP contribution < -0.4 is 19.5 Å². The second-order valence-electron chi connectivity index (χ2n) is 6.57. The van der Waals surface area contributed by atoms with E-state index in [9.17, 15) is 14.2 Å². The van der Waals surface area contributed by atoms with Crippen molar-refractivity contribution in [1.82, 2.24) is 0 Å². The summed E-state index contributed by atoms with van der Waals surface area (Å²) in [6, 6.07) is 6.14. The summed E-state index contributed by atoms with van der Waals surface area (Å²) in [7, 11) is -1.55. The maximum atomic E-state index is 13.3. The number of hydrogen-bond donors (Lipinski definition) is 0. The molecule has 0 fully saturated rings. The molecule has 166 valence electrons. The van der Waals surface area contributed by atoms with Gasteiger partial charge >= 0.3 is 19.5 Å². The Hall–Kier alpha value is -2.93. The van der Waals surface area contributed by atoms with E-state index in [0.29, 0.717) is 23.1 Å². The van der Waals surface area contributed by atoms with Crippen LogP contribution in [-0.2, 0) is 23.2 Å². The van der Waals surface area contributed by atoms with E-state index in [1.165, 1.54) is 34.1 Å². The Balaban J connectivity index is 2.93. The summed E-state index contributed by atoms with van der Waals surface area (Å²) in [5.74, 6) is -0.946. The molecule has 0 unspecified atom stereocenters. The SMILES string of the molecule is C=C(C)C(=O)Oc1cc(P(=O)(OC)OC)c(OC(=O)C(=C)C)c2ccc(OCC)cc12. The van der Waals surface area contributed by atoms with Crippen molar-refractivity contribution in [3.8, 4) is 17.2 Å². The van der Waals surface area contributed by atoms with E-state index < -0.39 is 19.5 Å². The average Bonchev–Trinajstić information content (AvgIpc) is 2.74.